The molecule has 1 N–H and O–H groups in total. The summed E-state index contributed by atoms with van der Waals surface area (Å²) >= 11 is 8.47. The molecule has 0 spiro atoms. The van der Waals surface area contributed by atoms with Gasteiger partial charge < -0.3 is 4.74 Å². The van der Waals surface area contributed by atoms with Gasteiger partial charge in [-0.25, -0.2) is 4.98 Å². The lowest BCUT2D eigenvalue weighted by Crippen LogP contribution is -2.14. The Morgan fingerprint density at radius 2 is 2.33 bits per heavy atom. The molecule has 11 heteroatoms. The van der Waals surface area contributed by atoms with Crippen molar-refractivity contribution in [1.82, 2.24) is 19.6 Å². The van der Waals surface area contributed by atoms with Crippen LogP contribution < -0.4 is 5.32 Å². The molecule has 0 aliphatic carbocycles. The number of halogens is 2. The fourth-order valence-electron chi connectivity index (χ4n) is 1.82. The van der Waals surface area contributed by atoms with Crippen LogP contribution in [0.3, 0.4) is 0 Å². The minimum Gasteiger partial charge on any atom is -0.384 e. The van der Waals surface area contributed by atoms with Crippen molar-refractivity contribution >= 4 is 51.4 Å². The molecule has 0 bridgehead atoms. The van der Waals surface area contributed by atoms with Gasteiger partial charge in [-0.15, -0.1) is 10.2 Å². The number of hydrogen-bond donors (Lipinski definition) is 1. The Morgan fingerprint density at radius 1 is 1.50 bits per heavy atom. The standard InChI is InChI=1S/C13H11ClFN5O2S2/c1-22-4-5-23-13-19-18-12(24-13)17-11(21)9-10(15)20-6-7(14)2-3-8(20)16-9/h2-3,6H,4-5H2,1H3,(H,17,18,21). The van der Waals surface area contributed by atoms with E-state index in [1.807, 2.05) is 0 Å². The van der Waals surface area contributed by atoms with Crippen molar-refractivity contribution in [3.05, 3.63) is 35.0 Å². The van der Waals surface area contributed by atoms with Gasteiger partial charge in [-0.2, -0.15) is 4.39 Å². The zero-order valence-corrected chi connectivity index (χ0v) is 14.7. The van der Waals surface area contributed by atoms with Crippen molar-refractivity contribution in [2.75, 3.05) is 24.8 Å². The number of hydrogen-bond acceptors (Lipinski definition) is 7. The Hall–Kier alpha value is -1.75. The highest BCUT2D eigenvalue weighted by Gasteiger charge is 2.20. The van der Waals surface area contributed by atoms with Crippen LogP contribution in [0, 0.1) is 5.95 Å². The summed E-state index contributed by atoms with van der Waals surface area (Å²) in [6.45, 7) is 0.584. The zero-order chi connectivity index (χ0) is 17.1. The molecule has 1 amide bonds. The molecule has 7 nitrogen and oxygen atoms in total. The SMILES string of the molecule is COCCSc1nnc(NC(=O)c2nc3ccc(Cl)cn3c2F)s1. The number of rotatable bonds is 6. The van der Waals surface area contributed by atoms with Crippen LogP contribution in [0.2, 0.25) is 5.02 Å². The quantitative estimate of drug-likeness (QED) is 0.398. The average molecular weight is 388 g/mol. The van der Waals surface area contributed by atoms with Gasteiger partial charge in [0.05, 0.1) is 11.6 Å². The summed E-state index contributed by atoms with van der Waals surface area (Å²) in [7, 11) is 1.61. The van der Waals surface area contributed by atoms with E-state index in [0.29, 0.717) is 16.0 Å². The number of pyridine rings is 1. The molecule has 3 aromatic heterocycles. The van der Waals surface area contributed by atoms with E-state index in [-0.39, 0.29) is 16.5 Å². The minimum absolute atomic E-state index is 0.273. The molecule has 0 aliphatic heterocycles. The number of carbonyl (C=O) groups excluding carboxylic acids is 1. The highest BCUT2D eigenvalue weighted by molar-refractivity contribution is 8.01. The molecule has 0 saturated heterocycles. The first-order valence-corrected chi connectivity index (χ1v) is 8.86. The van der Waals surface area contributed by atoms with Crippen LogP contribution >= 0.6 is 34.7 Å². The molecule has 0 radical (unpaired) electrons. The Labute approximate surface area is 149 Å². The average Bonchev–Trinajstić information content (AvgIpc) is 3.13. The van der Waals surface area contributed by atoms with Gasteiger partial charge in [0.2, 0.25) is 11.1 Å². The van der Waals surface area contributed by atoms with Gasteiger partial charge >= 0.3 is 0 Å². The number of nitrogens with zero attached hydrogens (tertiary/aromatic N) is 4. The van der Waals surface area contributed by atoms with E-state index in [1.165, 1.54) is 35.4 Å². The number of ether oxygens (including phenoxy) is 1. The summed E-state index contributed by atoms with van der Waals surface area (Å²) in [5, 5.41) is 10.9. The molecule has 0 aromatic carbocycles. The van der Waals surface area contributed by atoms with Gasteiger partial charge in [-0.3, -0.25) is 14.5 Å². The maximum absolute atomic E-state index is 14.3. The monoisotopic (exact) mass is 387 g/mol. The topological polar surface area (TPSA) is 81.4 Å². The lowest BCUT2D eigenvalue weighted by atomic mass is 10.4. The number of nitrogens with one attached hydrogen (secondary N) is 1. The van der Waals surface area contributed by atoms with E-state index in [4.69, 9.17) is 16.3 Å². The van der Waals surface area contributed by atoms with Crippen LogP contribution in [0.5, 0.6) is 0 Å². The van der Waals surface area contributed by atoms with Gasteiger partial charge in [-0.1, -0.05) is 34.7 Å². The first kappa shape index (κ1) is 17.1. The van der Waals surface area contributed by atoms with Crippen molar-refractivity contribution < 1.29 is 13.9 Å². The largest absolute Gasteiger partial charge is 0.384 e. The van der Waals surface area contributed by atoms with Crippen LogP contribution in [-0.4, -0.2) is 45.0 Å². The third kappa shape index (κ3) is 3.66. The molecular weight excluding hydrogens is 377 g/mol. The van der Waals surface area contributed by atoms with E-state index < -0.39 is 11.9 Å². The number of carbonyl (C=O) groups is 1. The maximum atomic E-state index is 14.3. The van der Waals surface area contributed by atoms with E-state index >= 15 is 0 Å². The summed E-state index contributed by atoms with van der Waals surface area (Å²) in [4.78, 5) is 16.2. The normalized spacial score (nSPS) is 11.1. The number of imidazole rings is 1. The van der Waals surface area contributed by atoms with Crippen LogP contribution in [0.4, 0.5) is 9.52 Å². The van der Waals surface area contributed by atoms with E-state index in [9.17, 15) is 9.18 Å². The van der Waals surface area contributed by atoms with Crippen LogP contribution in [-0.2, 0) is 4.74 Å². The number of methoxy groups -OCH3 is 1. The van der Waals surface area contributed by atoms with Crippen molar-refractivity contribution in [3.8, 4) is 0 Å². The molecule has 3 aromatic rings. The Bertz CT molecular complexity index is 884. The first-order chi connectivity index (χ1) is 11.6. The maximum Gasteiger partial charge on any atom is 0.280 e. The molecule has 126 valence electrons. The molecule has 0 fully saturated rings. The van der Waals surface area contributed by atoms with Gasteiger partial charge in [0.15, 0.2) is 10.0 Å². The summed E-state index contributed by atoms with van der Waals surface area (Å²) in [6.07, 6.45) is 1.35. The third-order valence-corrected chi connectivity index (χ3v) is 5.04. The summed E-state index contributed by atoms with van der Waals surface area (Å²) in [5.74, 6) is -0.762. The van der Waals surface area contributed by atoms with Gasteiger partial charge in [0.1, 0.15) is 5.65 Å². The second kappa shape index (κ2) is 7.43. The van der Waals surface area contributed by atoms with Crippen LogP contribution in [0.15, 0.2) is 22.7 Å². The Morgan fingerprint density at radius 3 is 3.12 bits per heavy atom. The lowest BCUT2D eigenvalue weighted by molar-refractivity contribution is 0.101. The molecule has 0 atom stereocenters. The number of amides is 1. The lowest BCUT2D eigenvalue weighted by Gasteiger charge is -1.97. The summed E-state index contributed by atoms with van der Waals surface area (Å²) < 4.78 is 21.1. The number of thioether (sulfide) groups is 1. The summed E-state index contributed by atoms with van der Waals surface area (Å²) in [6, 6.07) is 3.09. The van der Waals surface area contributed by atoms with Crippen molar-refractivity contribution in [3.63, 3.8) is 0 Å². The highest BCUT2D eigenvalue weighted by Crippen LogP contribution is 2.26. The first-order valence-electron chi connectivity index (χ1n) is 6.68. The van der Waals surface area contributed by atoms with Crippen molar-refractivity contribution in [1.29, 1.82) is 0 Å². The van der Waals surface area contributed by atoms with E-state index in [2.05, 4.69) is 20.5 Å². The Balaban J connectivity index is 1.74. The van der Waals surface area contributed by atoms with E-state index in [0.717, 1.165) is 10.2 Å². The second-order valence-corrected chi connectivity index (χ2v) is 7.25. The molecular formula is C13H11ClFN5O2S2. The smallest absolute Gasteiger partial charge is 0.280 e. The number of aromatic nitrogens is 4. The molecule has 0 unspecified atom stereocenters. The highest BCUT2D eigenvalue weighted by atomic mass is 35.5. The fourth-order valence-corrected chi connectivity index (χ4v) is 3.70. The van der Waals surface area contributed by atoms with Crippen LogP contribution in [0.1, 0.15) is 10.5 Å². The predicted octanol–water partition coefficient (Wildman–Crippen LogP) is 2.97. The van der Waals surface area contributed by atoms with Crippen LogP contribution in [0.25, 0.3) is 5.65 Å². The van der Waals surface area contributed by atoms with Crippen molar-refractivity contribution in [2.45, 2.75) is 4.34 Å². The van der Waals surface area contributed by atoms with Gasteiger partial charge in [0.25, 0.3) is 5.91 Å². The van der Waals surface area contributed by atoms with Gasteiger partial charge in [0, 0.05) is 19.1 Å². The number of fused-ring (bicyclic) bond motifs is 1. The van der Waals surface area contributed by atoms with Crippen molar-refractivity contribution in [2.24, 2.45) is 0 Å². The second-order valence-electron chi connectivity index (χ2n) is 4.50. The summed E-state index contributed by atoms with van der Waals surface area (Å²) in [5.41, 5.74) is -0.0452. The molecule has 3 heterocycles. The van der Waals surface area contributed by atoms with Gasteiger partial charge in [-0.05, 0) is 12.1 Å². The predicted molar refractivity (Wildman–Crippen MR) is 90.6 cm³/mol. The van der Waals surface area contributed by atoms with E-state index in [1.54, 1.807) is 13.2 Å². The fraction of sp³-hybridized carbons (Fsp3) is 0.231. The Kier molecular flexibility index (Phi) is 5.29. The molecule has 0 aliphatic rings. The zero-order valence-electron chi connectivity index (χ0n) is 12.3. The molecule has 0 saturated carbocycles. The minimum atomic E-state index is -0.788. The molecule has 24 heavy (non-hydrogen) atoms. The number of anilines is 1. The third-order valence-electron chi connectivity index (χ3n) is 2.88. The molecule has 3 rings (SSSR count).